The average molecular weight is 437 g/mol. The van der Waals surface area contributed by atoms with Crippen LogP contribution in [-0.2, 0) is 19.5 Å². The summed E-state index contributed by atoms with van der Waals surface area (Å²) in [6.45, 7) is 2.23. The summed E-state index contributed by atoms with van der Waals surface area (Å²) in [5, 5.41) is 0.106. The summed E-state index contributed by atoms with van der Waals surface area (Å²) >= 11 is 12.4. The van der Waals surface area contributed by atoms with E-state index in [1.807, 2.05) is 0 Å². The van der Waals surface area contributed by atoms with E-state index in [0.717, 1.165) is 12.8 Å². The topological polar surface area (TPSA) is 76.2 Å². The van der Waals surface area contributed by atoms with Gasteiger partial charge in [-0.3, -0.25) is 4.79 Å². The molecule has 2 aliphatic rings. The van der Waals surface area contributed by atoms with Crippen molar-refractivity contribution in [1.29, 1.82) is 0 Å². The van der Waals surface area contributed by atoms with Crippen LogP contribution in [0.2, 0.25) is 10.0 Å². The lowest BCUT2D eigenvalue weighted by Gasteiger charge is -2.27. The lowest BCUT2D eigenvalue weighted by molar-refractivity contribution is 0.0587. The van der Waals surface area contributed by atoms with Crippen LogP contribution in [0.5, 0.6) is 0 Å². The van der Waals surface area contributed by atoms with Gasteiger partial charge in [-0.15, -0.1) is 0 Å². The van der Waals surface area contributed by atoms with Crippen LogP contribution in [0.15, 0.2) is 17.0 Å². The molecule has 2 fully saturated rings. The Kier molecular flexibility index (Phi) is 6.66. The van der Waals surface area contributed by atoms with Crippen LogP contribution >= 0.6 is 23.2 Å². The molecule has 150 valence electrons. The number of carbonyl (C=O) groups excluding carboxylic acids is 1. The van der Waals surface area contributed by atoms with E-state index in [0.29, 0.717) is 26.4 Å². The van der Waals surface area contributed by atoms with Gasteiger partial charge in [-0.1, -0.05) is 23.2 Å². The standard InChI is InChI=1S/C17H22Cl2N2O5S/c1-20(11-12-3-2-6-26-12)17(22)13-9-16(15(19)10-14(13)18)27(23,24)21-4-7-25-8-5-21/h9-10,12H,2-8,11H2,1H3. The molecule has 0 aromatic heterocycles. The highest BCUT2D eigenvalue weighted by atomic mass is 35.5. The molecule has 0 N–H and O–H groups in total. The number of hydrogen-bond acceptors (Lipinski definition) is 5. The smallest absolute Gasteiger partial charge is 0.255 e. The van der Waals surface area contributed by atoms with E-state index in [2.05, 4.69) is 0 Å². The van der Waals surface area contributed by atoms with Crippen LogP contribution in [0, 0.1) is 0 Å². The van der Waals surface area contributed by atoms with Crippen molar-refractivity contribution in [2.45, 2.75) is 23.8 Å². The lowest BCUT2D eigenvalue weighted by Crippen LogP contribution is -2.40. The molecule has 1 amide bonds. The average Bonchev–Trinajstić information content (AvgIpc) is 3.14. The zero-order valence-corrected chi connectivity index (χ0v) is 17.3. The molecule has 1 unspecified atom stereocenters. The van der Waals surface area contributed by atoms with Crippen molar-refractivity contribution < 1.29 is 22.7 Å². The fraction of sp³-hybridized carbons (Fsp3) is 0.588. The van der Waals surface area contributed by atoms with Crippen molar-refractivity contribution in [2.24, 2.45) is 0 Å². The van der Waals surface area contributed by atoms with Crippen molar-refractivity contribution in [1.82, 2.24) is 9.21 Å². The number of hydrogen-bond donors (Lipinski definition) is 0. The number of carbonyl (C=O) groups is 1. The van der Waals surface area contributed by atoms with Gasteiger partial charge in [-0.05, 0) is 25.0 Å². The van der Waals surface area contributed by atoms with Crippen LogP contribution < -0.4 is 0 Å². The third kappa shape index (κ3) is 4.58. The predicted octanol–water partition coefficient (Wildman–Crippen LogP) is 2.27. The molecule has 2 saturated heterocycles. The number of morpholine rings is 1. The summed E-state index contributed by atoms with van der Waals surface area (Å²) in [6.07, 6.45) is 1.85. The molecule has 1 atom stereocenters. The molecule has 10 heteroatoms. The van der Waals surface area contributed by atoms with E-state index in [1.165, 1.54) is 21.3 Å². The summed E-state index contributed by atoms with van der Waals surface area (Å²) in [7, 11) is -2.20. The molecule has 2 heterocycles. The van der Waals surface area contributed by atoms with Crippen molar-refractivity contribution in [3.8, 4) is 0 Å². The minimum absolute atomic E-state index is 0.00942. The number of amides is 1. The van der Waals surface area contributed by atoms with Gasteiger partial charge >= 0.3 is 0 Å². The fourth-order valence-corrected chi connectivity index (χ4v) is 5.44. The minimum Gasteiger partial charge on any atom is -0.379 e. The largest absolute Gasteiger partial charge is 0.379 e. The number of halogens is 2. The highest BCUT2D eigenvalue weighted by Crippen LogP contribution is 2.31. The predicted molar refractivity (Wildman–Crippen MR) is 102 cm³/mol. The molecule has 0 spiro atoms. The first kappa shape index (κ1) is 20.8. The second-order valence-electron chi connectivity index (χ2n) is 6.60. The first-order chi connectivity index (χ1) is 12.8. The van der Waals surface area contributed by atoms with Gasteiger partial charge < -0.3 is 14.4 Å². The van der Waals surface area contributed by atoms with Crippen LogP contribution in [-0.4, -0.2) is 76.1 Å². The van der Waals surface area contributed by atoms with Gasteiger partial charge in [0.15, 0.2) is 0 Å². The van der Waals surface area contributed by atoms with Gasteiger partial charge in [0, 0.05) is 33.3 Å². The molecule has 1 aromatic carbocycles. The molecule has 2 aliphatic heterocycles. The van der Waals surface area contributed by atoms with E-state index < -0.39 is 10.0 Å². The zero-order valence-electron chi connectivity index (χ0n) is 15.0. The zero-order chi connectivity index (χ0) is 19.6. The Hall–Kier alpha value is -0.900. The third-order valence-corrected chi connectivity index (χ3v) is 7.36. The van der Waals surface area contributed by atoms with Gasteiger partial charge in [0.2, 0.25) is 10.0 Å². The van der Waals surface area contributed by atoms with E-state index in [9.17, 15) is 13.2 Å². The quantitative estimate of drug-likeness (QED) is 0.707. The Balaban J connectivity index is 1.87. The number of nitrogens with zero attached hydrogens (tertiary/aromatic N) is 2. The van der Waals surface area contributed by atoms with Crippen molar-refractivity contribution in [2.75, 3.05) is 46.5 Å². The van der Waals surface area contributed by atoms with Gasteiger partial charge in [0.05, 0.1) is 34.9 Å². The molecule has 3 rings (SSSR count). The molecular formula is C17H22Cl2N2O5S. The Bertz CT molecular complexity index is 806. The number of likely N-dealkylation sites (N-methyl/N-ethyl adjacent to an activating group) is 1. The van der Waals surface area contributed by atoms with Crippen molar-refractivity contribution in [3.63, 3.8) is 0 Å². The second-order valence-corrected chi connectivity index (χ2v) is 9.32. The number of sulfonamides is 1. The highest BCUT2D eigenvalue weighted by molar-refractivity contribution is 7.89. The molecule has 0 bridgehead atoms. The maximum atomic E-state index is 12.9. The van der Waals surface area contributed by atoms with E-state index >= 15 is 0 Å². The fourth-order valence-electron chi connectivity index (χ4n) is 3.20. The molecule has 27 heavy (non-hydrogen) atoms. The first-order valence-electron chi connectivity index (χ1n) is 8.74. The Labute approximate surface area is 169 Å². The molecule has 0 saturated carbocycles. The normalized spacial score (nSPS) is 21.4. The summed E-state index contributed by atoms with van der Waals surface area (Å²) in [5.74, 6) is -0.370. The van der Waals surface area contributed by atoms with E-state index in [4.69, 9.17) is 32.7 Å². The van der Waals surface area contributed by atoms with Crippen molar-refractivity contribution >= 4 is 39.1 Å². The maximum absolute atomic E-state index is 12.9. The SMILES string of the molecule is CN(CC1CCCO1)C(=O)c1cc(S(=O)(=O)N2CCOCC2)c(Cl)cc1Cl. The number of benzene rings is 1. The Morgan fingerprint density at radius 3 is 2.56 bits per heavy atom. The summed E-state index contributed by atoms with van der Waals surface area (Å²) in [5.41, 5.74) is 0.105. The number of rotatable bonds is 5. The van der Waals surface area contributed by atoms with Gasteiger partial charge in [-0.25, -0.2) is 8.42 Å². The maximum Gasteiger partial charge on any atom is 0.255 e. The van der Waals surface area contributed by atoms with Crippen LogP contribution in [0.25, 0.3) is 0 Å². The first-order valence-corrected chi connectivity index (χ1v) is 10.9. The number of ether oxygens (including phenoxy) is 2. The van der Waals surface area contributed by atoms with Crippen LogP contribution in [0.1, 0.15) is 23.2 Å². The van der Waals surface area contributed by atoms with E-state index in [-0.39, 0.29) is 45.6 Å². The van der Waals surface area contributed by atoms with E-state index in [1.54, 1.807) is 7.05 Å². The van der Waals surface area contributed by atoms with Crippen LogP contribution in [0.4, 0.5) is 0 Å². The summed E-state index contributed by atoms with van der Waals surface area (Å²) in [4.78, 5) is 14.2. The van der Waals surface area contributed by atoms with Crippen molar-refractivity contribution in [3.05, 3.63) is 27.7 Å². The second kappa shape index (κ2) is 8.63. The molecule has 7 nitrogen and oxygen atoms in total. The highest BCUT2D eigenvalue weighted by Gasteiger charge is 2.31. The summed E-state index contributed by atoms with van der Waals surface area (Å²) in [6, 6.07) is 2.58. The van der Waals surface area contributed by atoms with Crippen LogP contribution in [0.3, 0.4) is 0 Å². The molecular weight excluding hydrogens is 415 g/mol. The molecule has 0 radical (unpaired) electrons. The monoisotopic (exact) mass is 436 g/mol. The molecule has 1 aromatic rings. The Morgan fingerprint density at radius 2 is 1.93 bits per heavy atom. The third-order valence-electron chi connectivity index (χ3n) is 4.69. The summed E-state index contributed by atoms with van der Waals surface area (Å²) < 4.78 is 37.9. The van der Waals surface area contributed by atoms with Gasteiger partial charge in [0.25, 0.3) is 5.91 Å². The Morgan fingerprint density at radius 1 is 1.22 bits per heavy atom. The molecule has 0 aliphatic carbocycles. The minimum atomic E-state index is -3.85. The van der Waals surface area contributed by atoms with Gasteiger partial charge in [-0.2, -0.15) is 4.31 Å². The lowest BCUT2D eigenvalue weighted by atomic mass is 10.1. The van der Waals surface area contributed by atoms with Gasteiger partial charge in [0.1, 0.15) is 4.90 Å².